The molecule has 1 saturated heterocycles. The Kier molecular flexibility index (Phi) is 5.31. The Morgan fingerprint density at radius 3 is 2.48 bits per heavy atom. The molecule has 6 heteroatoms. The van der Waals surface area contributed by atoms with E-state index in [-0.39, 0.29) is 17.6 Å². The van der Waals surface area contributed by atoms with Crippen molar-refractivity contribution in [2.45, 2.75) is 53.1 Å². The first-order valence-corrected chi connectivity index (χ1v) is 9.06. The molecule has 1 heterocycles. The minimum absolute atomic E-state index is 0.0350. The Morgan fingerprint density at radius 1 is 1.30 bits per heavy atom. The van der Waals surface area contributed by atoms with E-state index in [1.165, 1.54) is 0 Å². The zero-order valence-electron chi connectivity index (χ0n) is 14.6. The van der Waals surface area contributed by atoms with E-state index in [1.807, 2.05) is 59.7 Å². The maximum Gasteiger partial charge on any atom is 0.331 e. The van der Waals surface area contributed by atoms with E-state index in [0.29, 0.717) is 10.9 Å². The Bertz CT molecular complexity index is 637. The largest absolute Gasteiger partial charge is 0.331 e. The van der Waals surface area contributed by atoms with Crippen LogP contribution in [0.15, 0.2) is 23.2 Å². The number of halogens is 1. The van der Waals surface area contributed by atoms with Gasteiger partial charge in [-0.15, -0.1) is 0 Å². The fourth-order valence-electron chi connectivity index (χ4n) is 2.37. The normalized spacial score (nSPS) is 18.3. The van der Waals surface area contributed by atoms with Crippen LogP contribution in [0.25, 0.3) is 0 Å². The number of amidine groups is 1. The molecule has 0 aromatic heterocycles. The fraction of sp³-hybridized carbons (Fsp3) is 0.529. The van der Waals surface area contributed by atoms with Gasteiger partial charge in [0.05, 0.1) is 11.4 Å². The summed E-state index contributed by atoms with van der Waals surface area (Å²) in [6, 6.07) is 5.62. The van der Waals surface area contributed by atoms with E-state index >= 15 is 0 Å². The second-order valence-corrected chi connectivity index (χ2v) is 8.29. The minimum Gasteiger partial charge on any atom is -0.284 e. The van der Waals surface area contributed by atoms with E-state index < -0.39 is 0 Å². The van der Waals surface area contributed by atoms with Gasteiger partial charge in [-0.25, -0.2) is 4.79 Å². The first-order chi connectivity index (χ1) is 10.6. The summed E-state index contributed by atoms with van der Waals surface area (Å²) in [4.78, 5) is 21.3. The lowest BCUT2D eigenvalue weighted by Gasteiger charge is -2.39. The molecule has 0 N–H and O–H groups in total. The molecule has 23 heavy (non-hydrogen) atoms. The van der Waals surface area contributed by atoms with Crippen molar-refractivity contribution < 1.29 is 4.79 Å². The summed E-state index contributed by atoms with van der Waals surface area (Å²) >= 11 is 7.62. The van der Waals surface area contributed by atoms with Crippen LogP contribution in [0.4, 0.5) is 10.5 Å². The zero-order chi connectivity index (χ0) is 17.4. The van der Waals surface area contributed by atoms with Gasteiger partial charge in [-0.2, -0.15) is 0 Å². The van der Waals surface area contributed by atoms with Gasteiger partial charge in [-0.3, -0.25) is 14.8 Å². The van der Waals surface area contributed by atoms with Crippen LogP contribution in [0.3, 0.4) is 0 Å². The van der Waals surface area contributed by atoms with E-state index in [9.17, 15) is 4.79 Å². The van der Waals surface area contributed by atoms with Crippen LogP contribution < -0.4 is 4.90 Å². The van der Waals surface area contributed by atoms with Crippen molar-refractivity contribution >= 4 is 40.2 Å². The molecule has 0 bridgehead atoms. The van der Waals surface area contributed by atoms with Crippen molar-refractivity contribution in [3.8, 4) is 0 Å². The first-order valence-electron chi connectivity index (χ1n) is 7.69. The van der Waals surface area contributed by atoms with Gasteiger partial charge >= 0.3 is 6.03 Å². The Balaban J connectivity index is 2.38. The summed E-state index contributed by atoms with van der Waals surface area (Å²) in [6.45, 7) is 12.1. The van der Waals surface area contributed by atoms with Crippen molar-refractivity contribution in [3.05, 3.63) is 28.8 Å². The predicted octanol–water partition coefficient (Wildman–Crippen LogP) is 5.14. The molecule has 126 valence electrons. The average Bonchev–Trinajstić information content (AvgIpc) is 2.38. The van der Waals surface area contributed by atoms with Crippen LogP contribution in [0.5, 0.6) is 0 Å². The van der Waals surface area contributed by atoms with Gasteiger partial charge in [0.2, 0.25) is 0 Å². The summed E-state index contributed by atoms with van der Waals surface area (Å²) in [5.41, 5.74) is 1.67. The Labute approximate surface area is 147 Å². The van der Waals surface area contributed by atoms with Gasteiger partial charge < -0.3 is 0 Å². The van der Waals surface area contributed by atoms with E-state index in [4.69, 9.17) is 16.6 Å². The topological polar surface area (TPSA) is 35.9 Å². The zero-order valence-corrected chi connectivity index (χ0v) is 16.1. The van der Waals surface area contributed by atoms with Gasteiger partial charge in [-0.1, -0.05) is 23.4 Å². The molecule has 1 aromatic rings. The fourth-order valence-corrected chi connectivity index (χ4v) is 3.86. The van der Waals surface area contributed by atoms with Gasteiger partial charge in [0.1, 0.15) is 0 Å². The van der Waals surface area contributed by atoms with Crippen LogP contribution in [0, 0.1) is 6.92 Å². The van der Waals surface area contributed by atoms with E-state index in [1.54, 1.807) is 21.6 Å². The van der Waals surface area contributed by atoms with Gasteiger partial charge in [0.25, 0.3) is 0 Å². The van der Waals surface area contributed by atoms with Gasteiger partial charge in [0, 0.05) is 16.8 Å². The third kappa shape index (κ3) is 4.21. The molecule has 0 atom stereocenters. The van der Waals surface area contributed by atoms with Crippen LogP contribution in [-0.2, 0) is 0 Å². The molecule has 0 aliphatic carbocycles. The van der Waals surface area contributed by atoms with Crippen molar-refractivity contribution in [2.24, 2.45) is 4.99 Å². The van der Waals surface area contributed by atoms with Gasteiger partial charge in [-0.05, 0) is 65.3 Å². The standard InChI is InChI=1S/C17H24ClN3OS/c1-11(2)21-15(19-17(4,5)6)23-10-20(16(21)22)14-8-7-13(18)9-12(14)3/h7-9,11H,10H2,1-6H3/b19-15-. The van der Waals surface area contributed by atoms with Crippen LogP contribution in [0.1, 0.15) is 40.2 Å². The average molecular weight is 354 g/mol. The number of nitrogens with zero attached hydrogens (tertiary/aromatic N) is 3. The van der Waals surface area contributed by atoms with E-state index in [0.717, 1.165) is 16.4 Å². The Hall–Kier alpha value is -1.20. The number of urea groups is 1. The second-order valence-electron chi connectivity index (χ2n) is 6.94. The molecular formula is C17H24ClN3OS. The molecule has 1 aliphatic heterocycles. The third-order valence-corrected chi connectivity index (χ3v) is 4.53. The molecule has 0 spiro atoms. The second kappa shape index (κ2) is 6.73. The number of anilines is 1. The lowest BCUT2D eigenvalue weighted by molar-refractivity contribution is 0.220. The highest BCUT2D eigenvalue weighted by Crippen LogP contribution is 2.32. The lowest BCUT2D eigenvalue weighted by Crippen LogP contribution is -2.53. The van der Waals surface area contributed by atoms with Crippen LogP contribution >= 0.6 is 23.4 Å². The number of aryl methyl sites for hydroxylation is 1. The predicted molar refractivity (Wildman–Crippen MR) is 101 cm³/mol. The quantitative estimate of drug-likeness (QED) is 0.737. The summed E-state index contributed by atoms with van der Waals surface area (Å²) in [5, 5.41) is 1.47. The molecule has 1 fully saturated rings. The Morgan fingerprint density at radius 2 is 1.96 bits per heavy atom. The number of aliphatic imine (C=N–C) groups is 1. The highest BCUT2D eigenvalue weighted by atomic mass is 35.5. The van der Waals surface area contributed by atoms with E-state index in [2.05, 4.69) is 0 Å². The summed E-state index contributed by atoms with van der Waals surface area (Å²) in [5.74, 6) is 0.555. The number of carbonyl (C=O) groups is 1. The summed E-state index contributed by atoms with van der Waals surface area (Å²) in [7, 11) is 0. The monoisotopic (exact) mass is 353 g/mol. The van der Waals surface area contributed by atoms with Crippen LogP contribution in [-0.4, -0.2) is 33.6 Å². The maximum absolute atomic E-state index is 13.0. The third-order valence-electron chi connectivity index (χ3n) is 3.36. The van der Waals surface area contributed by atoms with Gasteiger partial charge in [0.15, 0.2) is 5.17 Å². The molecule has 1 aliphatic rings. The highest BCUT2D eigenvalue weighted by molar-refractivity contribution is 8.14. The number of thioether (sulfide) groups is 1. The number of rotatable bonds is 2. The van der Waals surface area contributed by atoms with Crippen molar-refractivity contribution in [2.75, 3.05) is 10.8 Å². The summed E-state index contributed by atoms with van der Waals surface area (Å²) in [6.07, 6.45) is 0. The SMILES string of the molecule is Cc1cc(Cl)ccc1N1CS/C(=N\C(C)(C)C)N(C(C)C)C1=O. The smallest absolute Gasteiger partial charge is 0.284 e. The molecule has 1 aromatic carbocycles. The molecule has 0 radical (unpaired) electrons. The van der Waals surface area contributed by atoms with Crippen molar-refractivity contribution in [1.82, 2.24) is 4.90 Å². The number of benzene rings is 1. The lowest BCUT2D eigenvalue weighted by atomic mass is 10.1. The number of carbonyl (C=O) groups excluding carboxylic acids is 1. The number of amides is 2. The first kappa shape index (κ1) is 18.1. The molecule has 2 rings (SSSR count). The minimum atomic E-state index is -0.214. The van der Waals surface area contributed by atoms with Crippen molar-refractivity contribution in [1.29, 1.82) is 0 Å². The molecule has 0 saturated carbocycles. The molecular weight excluding hydrogens is 330 g/mol. The maximum atomic E-state index is 13.0. The number of hydrogen-bond donors (Lipinski definition) is 0. The highest BCUT2D eigenvalue weighted by Gasteiger charge is 2.35. The molecule has 4 nitrogen and oxygen atoms in total. The van der Waals surface area contributed by atoms with Crippen LogP contribution in [0.2, 0.25) is 5.02 Å². The molecule has 0 unspecified atom stereocenters. The van der Waals surface area contributed by atoms with Crippen molar-refractivity contribution in [3.63, 3.8) is 0 Å². The number of hydrogen-bond acceptors (Lipinski definition) is 3. The summed E-state index contributed by atoms with van der Waals surface area (Å²) < 4.78 is 0. The molecule has 2 amide bonds.